The van der Waals surface area contributed by atoms with Crippen LogP contribution in [0.4, 0.5) is 0 Å². The van der Waals surface area contributed by atoms with Crippen molar-refractivity contribution >= 4 is 38.4 Å². The number of para-hydroxylation sites is 1. The number of nitrogens with zero attached hydrogens (tertiary/aromatic N) is 2. The van der Waals surface area contributed by atoms with Crippen molar-refractivity contribution in [2.75, 3.05) is 0 Å². The summed E-state index contributed by atoms with van der Waals surface area (Å²) in [5.74, 6) is 0.709. The molecule has 0 aliphatic carbocycles. The highest BCUT2D eigenvalue weighted by molar-refractivity contribution is 9.10. The summed E-state index contributed by atoms with van der Waals surface area (Å²) in [7, 11) is 0. The van der Waals surface area contributed by atoms with E-state index < -0.39 is 0 Å². The lowest BCUT2D eigenvalue weighted by Gasteiger charge is -2.12. The van der Waals surface area contributed by atoms with E-state index in [4.69, 9.17) is 11.6 Å². The van der Waals surface area contributed by atoms with Gasteiger partial charge in [-0.25, -0.2) is 4.98 Å². The summed E-state index contributed by atoms with van der Waals surface area (Å²) in [6.45, 7) is 0. The van der Waals surface area contributed by atoms with E-state index in [0.29, 0.717) is 16.7 Å². The molecule has 0 unspecified atom stereocenters. The lowest BCUT2D eigenvalue weighted by Crippen LogP contribution is -2.23. The van der Waals surface area contributed by atoms with E-state index in [1.54, 1.807) is 10.6 Å². The molecule has 0 N–H and O–H groups in total. The smallest absolute Gasteiger partial charge is 0.266 e. The predicted octanol–water partition coefficient (Wildman–Crippen LogP) is 3.89. The molecule has 0 amide bonds. The number of benzene rings is 2. The summed E-state index contributed by atoms with van der Waals surface area (Å²) in [5, 5.41) is 0.585. The number of halogens is 2. The predicted molar refractivity (Wildman–Crippen MR) is 84.6 cm³/mol. The third kappa shape index (κ3) is 2.25. The number of rotatable bonds is 2. The molecule has 1 heterocycles. The Bertz CT molecular complexity index is 845. The van der Waals surface area contributed by atoms with Crippen molar-refractivity contribution in [2.45, 2.75) is 5.88 Å². The third-order valence-electron chi connectivity index (χ3n) is 3.03. The maximum absolute atomic E-state index is 12.7. The van der Waals surface area contributed by atoms with Gasteiger partial charge in [-0.05, 0) is 30.3 Å². The Morgan fingerprint density at radius 1 is 1.15 bits per heavy atom. The van der Waals surface area contributed by atoms with Gasteiger partial charge in [-0.3, -0.25) is 9.36 Å². The largest absolute Gasteiger partial charge is 0.268 e. The summed E-state index contributed by atoms with van der Waals surface area (Å²) in [6.07, 6.45) is 0. The first kappa shape index (κ1) is 13.3. The maximum atomic E-state index is 12.7. The third-order valence-corrected chi connectivity index (χ3v) is 3.76. The minimum absolute atomic E-state index is 0.107. The molecule has 3 nitrogen and oxygen atoms in total. The van der Waals surface area contributed by atoms with Crippen LogP contribution in [0.1, 0.15) is 5.82 Å². The van der Waals surface area contributed by atoms with Crippen molar-refractivity contribution in [3.63, 3.8) is 0 Å². The van der Waals surface area contributed by atoms with Crippen LogP contribution in [0.5, 0.6) is 0 Å². The van der Waals surface area contributed by atoms with E-state index >= 15 is 0 Å². The van der Waals surface area contributed by atoms with Gasteiger partial charge in [0.25, 0.3) is 5.56 Å². The fourth-order valence-corrected chi connectivity index (χ4v) is 2.72. The molecule has 0 saturated heterocycles. The van der Waals surface area contributed by atoms with Gasteiger partial charge < -0.3 is 0 Å². The molecule has 0 saturated carbocycles. The van der Waals surface area contributed by atoms with E-state index in [-0.39, 0.29) is 11.4 Å². The van der Waals surface area contributed by atoms with Crippen LogP contribution in [-0.2, 0) is 5.88 Å². The average molecular weight is 350 g/mol. The quantitative estimate of drug-likeness (QED) is 0.658. The van der Waals surface area contributed by atoms with Crippen LogP contribution >= 0.6 is 27.5 Å². The average Bonchev–Trinajstić information content (AvgIpc) is 2.47. The second-order valence-corrected chi connectivity index (χ2v) is 5.48. The first-order chi connectivity index (χ1) is 9.70. The van der Waals surface area contributed by atoms with Crippen molar-refractivity contribution in [3.05, 3.63) is 69.2 Å². The zero-order chi connectivity index (χ0) is 14.1. The van der Waals surface area contributed by atoms with Gasteiger partial charge in [-0.2, -0.15) is 0 Å². The monoisotopic (exact) mass is 348 g/mol. The molecule has 5 heteroatoms. The number of hydrogen-bond acceptors (Lipinski definition) is 2. The van der Waals surface area contributed by atoms with Crippen molar-refractivity contribution in [1.29, 1.82) is 0 Å². The van der Waals surface area contributed by atoms with Gasteiger partial charge in [0.15, 0.2) is 0 Å². The summed E-state index contributed by atoms with van der Waals surface area (Å²) < 4.78 is 2.45. The minimum Gasteiger partial charge on any atom is -0.268 e. The molecule has 1 aromatic heterocycles. The fraction of sp³-hybridized carbons (Fsp3) is 0.0667. The Morgan fingerprint density at radius 2 is 1.95 bits per heavy atom. The van der Waals surface area contributed by atoms with Gasteiger partial charge in [0, 0.05) is 4.47 Å². The number of fused-ring (bicyclic) bond motifs is 1. The standard InChI is InChI=1S/C15H10BrClN2O/c16-10-4-3-5-11(8-10)19-14(9-17)18-13-7-2-1-6-12(13)15(19)20/h1-8H,9H2. The molecular formula is C15H10BrClN2O. The molecule has 0 bridgehead atoms. The summed E-state index contributed by atoms with van der Waals surface area (Å²) in [6, 6.07) is 14.8. The lowest BCUT2D eigenvalue weighted by atomic mass is 10.2. The minimum atomic E-state index is -0.107. The summed E-state index contributed by atoms with van der Waals surface area (Å²) in [5.41, 5.74) is 1.31. The van der Waals surface area contributed by atoms with E-state index in [1.165, 1.54) is 0 Å². The second kappa shape index (κ2) is 5.38. The van der Waals surface area contributed by atoms with Gasteiger partial charge in [0.2, 0.25) is 0 Å². The number of hydrogen-bond donors (Lipinski definition) is 0. The molecule has 0 atom stereocenters. The summed E-state index contributed by atoms with van der Waals surface area (Å²) in [4.78, 5) is 17.1. The Morgan fingerprint density at radius 3 is 2.70 bits per heavy atom. The van der Waals surface area contributed by atoms with Crippen LogP contribution in [0.25, 0.3) is 16.6 Å². The van der Waals surface area contributed by atoms with Crippen LogP contribution in [0, 0.1) is 0 Å². The van der Waals surface area contributed by atoms with E-state index in [9.17, 15) is 4.79 Å². The Balaban J connectivity index is 2.40. The topological polar surface area (TPSA) is 34.9 Å². The molecule has 0 spiro atoms. The van der Waals surface area contributed by atoms with Crippen LogP contribution in [-0.4, -0.2) is 9.55 Å². The summed E-state index contributed by atoms with van der Waals surface area (Å²) >= 11 is 9.37. The zero-order valence-corrected chi connectivity index (χ0v) is 12.7. The molecule has 0 fully saturated rings. The highest BCUT2D eigenvalue weighted by Crippen LogP contribution is 2.18. The lowest BCUT2D eigenvalue weighted by molar-refractivity contribution is 0.881. The molecule has 100 valence electrons. The van der Waals surface area contributed by atoms with Crippen molar-refractivity contribution in [2.24, 2.45) is 0 Å². The van der Waals surface area contributed by atoms with Gasteiger partial charge in [0.05, 0.1) is 22.5 Å². The van der Waals surface area contributed by atoms with Gasteiger partial charge in [0.1, 0.15) is 5.82 Å². The molecular weight excluding hydrogens is 340 g/mol. The fourth-order valence-electron chi connectivity index (χ4n) is 2.15. The SMILES string of the molecule is O=c1c2ccccc2nc(CCl)n1-c1cccc(Br)c1. The number of alkyl halides is 1. The molecule has 3 aromatic rings. The zero-order valence-electron chi connectivity index (χ0n) is 10.4. The van der Waals surface area contributed by atoms with Crippen LogP contribution in [0.2, 0.25) is 0 Å². The Kier molecular flexibility index (Phi) is 3.59. The maximum Gasteiger partial charge on any atom is 0.266 e. The van der Waals surface area contributed by atoms with E-state index in [2.05, 4.69) is 20.9 Å². The highest BCUT2D eigenvalue weighted by Gasteiger charge is 2.11. The van der Waals surface area contributed by atoms with E-state index in [1.807, 2.05) is 42.5 Å². The van der Waals surface area contributed by atoms with Gasteiger partial charge in [-0.1, -0.05) is 34.1 Å². The van der Waals surface area contributed by atoms with Crippen LogP contribution in [0.3, 0.4) is 0 Å². The number of aromatic nitrogens is 2. The van der Waals surface area contributed by atoms with Crippen LogP contribution in [0.15, 0.2) is 57.8 Å². The second-order valence-electron chi connectivity index (χ2n) is 4.30. The molecule has 3 rings (SSSR count). The molecule has 20 heavy (non-hydrogen) atoms. The Labute approximate surface area is 129 Å². The van der Waals surface area contributed by atoms with Crippen molar-refractivity contribution in [1.82, 2.24) is 9.55 Å². The van der Waals surface area contributed by atoms with Crippen molar-refractivity contribution in [3.8, 4) is 5.69 Å². The van der Waals surface area contributed by atoms with Gasteiger partial charge >= 0.3 is 0 Å². The molecule has 2 aromatic carbocycles. The van der Waals surface area contributed by atoms with Crippen LogP contribution < -0.4 is 5.56 Å². The molecule has 0 aliphatic heterocycles. The molecule has 0 aliphatic rings. The normalized spacial score (nSPS) is 10.9. The Hall–Kier alpha value is -1.65. The highest BCUT2D eigenvalue weighted by atomic mass is 79.9. The molecule has 0 radical (unpaired) electrons. The van der Waals surface area contributed by atoms with Gasteiger partial charge in [-0.15, -0.1) is 11.6 Å². The van der Waals surface area contributed by atoms with Crippen molar-refractivity contribution < 1.29 is 0 Å². The van der Waals surface area contributed by atoms with E-state index in [0.717, 1.165) is 10.2 Å². The first-order valence-corrected chi connectivity index (χ1v) is 7.36. The first-order valence-electron chi connectivity index (χ1n) is 6.03.